The topological polar surface area (TPSA) is 38.4 Å². The third-order valence-electron chi connectivity index (χ3n) is 1.35. The van der Waals surface area contributed by atoms with Gasteiger partial charge in [-0.05, 0) is 19.0 Å². The second kappa shape index (κ2) is 4.01. The van der Waals surface area contributed by atoms with Crippen LogP contribution in [0.15, 0.2) is 28.9 Å². The third-order valence-corrected chi connectivity index (χ3v) is 1.35. The summed E-state index contributed by atoms with van der Waals surface area (Å²) in [5.41, 5.74) is 6.48. The standard InChI is InChI=1S/C8H12N2/c9-6-5-8-4-2-1-3-7-10-8/h1,3-4,7H,2,5-6,9H2. The van der Waals surface area contributed by atoms with E-state index in [1.165, 1.54) is 0 Å². The molecule has 0 amide bonds. The molecule has 2 heteroatoms. The number of nitrogens with two attached hydrogens (primary N) is 1. The smallest absolute Gasteiger partial charge is 0.0379 e. The maximum absolute atomic E-state index is 5.38. The van der Waals surface area contributed by atoms with Crippen molar-refractivity contribution in [3.63, 3.8) is 0 Å². The largest absolute Gasteiger partial charge is 0.330 e. The molecule has 2 N–H and O–H groups in total. The molecule has 54 valence electrons. The lowest BCUT2D eigenvalue weighted by Gasteiger charge is -1.94. The molecule has 0 aromatic rings. The van der Waals surface area contributed by atoms with Crippen molar-refractivity contribution >= 4 is 6.21 Å². The highest BCUT2D eigenvalue weighted by atomic mass is 14.7. The maximum Gasteiger partial charge on any atom is 0.0379 e. The normalized spacial score (nSPS) is 16.7. The van der Waals surface area contributed by atoms with E-state index >= 15 is 0 Å². The second-order valence-corrected chi connectivity index (χ2v) is 2.18. The predicted octanol–water partition coefficient (Wildman–Crippen LogP) is 1.25. The molecule has 0 aromatic heterocycles. The van der Waals surface area contributed by atoms with Crippen LogP contribution in [0.1, 0.15) is 12.8 Å². The number of rotatable bonds is 2. The highest BCUT2D eigenvalue weighted by Crippen LogP contribution is 2.05. The summed E-state index contributed by atoms with van der Waals surface area (Å²) in [5.74, 6) is 0. The molecule has 1 rings (SSSR count). The van der Waals surface area contributed by atoms with E-state index in [2.05, 4.69) is 17.1 Å². The Balaban J connectivity index is 2.51. The molecule has 0 atom stereocenters. The van der Waals surface area contributed by atoms with Gasteiger partial charge in [0.1, 0.15) is 0 Å². The summed E-state index contributed by atoms with van der Waals surface area (Å²) in [5, 5.41) is 0. The van der Waals surface area contributed by atoms with Crippen LogP contribution in [-0.2, 0) is 0 Å². The average Bonchev–Trinajstić information content (AvgIpc) is 2.17. The van der Waals surface area contributed by atoms with Gasteiger partial charge in [-0.3, -0.25) is 4.99 Å². The minimum atomic E-state index is 0.684. The molecule has 1 heterocycles. The lowest BCUT2D eigenvalue weighted by Crippen LogP contribution is -1.98. The summed E-state index contributed by atoms with van der Waals surface area (Å²) in [6.07, 6.45) is 9.82. The molecule has 0 saturated carbocycles. The lowest BCUT2D eigenvalue weighted by atomic mass is 10.2. The summed E-state index contributed by atoms with van der Waals surface area (Å²) < 4.78 is 0. The van der Waals surface area contributed by atoms with Crippen molar-refractivity contribution in [1.29, 1.82) is 0 Å². The summed E-state index contributed by atoms with van der Waals surface area (Å²) >= 11 is 0. The number of aliphatic imine (C=N–C) groups is 1. The summed E-state index contributed by atoms with van der Waals surface area (Å²) in [6.45, 7) is 0.684. The van der Waals surface area contributed by atoms with Crippen LogP contribution in [0.2, 0.25) is 0 Å². The van der Waals surface area contributed by atoms with Crippen LogP contribution in [0.5, 0.6) is 0 Å². The number of allylic oxidation sites excluding steroid dienone is 3. The zero-order chi connectivity index (χ0) is 7.23. The van der Waals surface area contributed by atoms with Crippen LogP contribution in [0.3, 0.4) is 0 Å². The zero-order valence-corrected chi connectivity index (χ0v) is 5.96. The van der Waals surface area contributed by atoms with Gasteiger partial charge in [0.15, 0.2) is 0 Å². The van der Waals surface area contributed by atoms with Gasteiger partial charge in [0.05, 0.1) is 0 Å². The van der Waals surface area contributed by atoms with E-state index in [1.807, 2.05) is 12.3 Å². The van der Waals surface area contributed by atoms with E-state index in [4.69, 9.17) is 5.73 Å². The molecule has 10 heavy (non-hydrogen) atoms. The molecule has 2 nitrogen and oxygen atoms in total. The Morgan fingerprint density at radius 3 is 3.30 bits per heavy atom. The summed E-state index contributed by atoms with van der Waals surface area (Å²) in [7, 11) is 0. The highest BCUT2D eigenvalue weighted by molar-refractivity contribution is 5.72. The van der Waals surface area contributed by atoms with Crippen molar-refractivity contribution in [2.75, 3.05) is 6.54 Å². The van der Waals surface area contributed by atoms with Crippen LogP contribution in [0, 0.1) is 0 Å². The van der Waals surface area contributed by atoms with Gasteiger partial charge in [0.25, 0.3) is 0 Å². The first kappa shape index (κ1) is 7.22. The van der Waals surface area contributed by atoms with Crippen molar-refractivity contribution in [2.45, 2.75) is 12.8 Å². The van der Waals surface area contributed by atoms with Gasteiger partial charge >= 0.3 is 0 Å². The van der Waals surface area contributed by atoms with Gasteiger partial charge in [0, 0.05) is 18.3 Å². The van der Waals surface area contributed by atoms with Crippen molar-refractivity contribution in [3.05, 3.63) is 23.9 Å². The molecule has 0 saturated heterocycles. The molecule has 0 aromatic carbocycles. The van der Waals surface area contributed by atoms with Crippen LogP contribution in [0.4, 0.5) is 0 Å². The first-order valence-electron chi connectivity index (χ1n) is 3.52. The molecule has 0 bridgehead atoms. The molecular weight excluding hydrogens is 124 g/mol. The molecule has 0 spiro atoms. The minimum absolute atomic E-state index is 0.684. The van der Waals surface area contributed by atoms with E-state index in [9.17, 15) is 0 Å². The Kier molecular flexibility index (Phi) is 2.90. The average molecular weight is 136 g/mol. The van der Waals surface area contributed by atoms with Gasteiger partial charge in [-0.2, -0.15) is 0 Å². The molecule has 1 aliphatic heterocycles. The number of nitrogens with zero attached hydrogens (tertiary/aromatic N) is 1. The monoisotopic (exact) mass is 136 g/mol. The zero-order valence-electron chi connectivity index (χ0n) is 5.96. The Morgan fingerprint density at radius 2 is 2.50 bits per heavy atom. The van der Waals surface area contributed by atoms with Gasteiger partial charge in [-0.25, -0.2) is 0 Å². The van der Waals surface area contributed by atoms with Crippen molar-refractivity contribution in [2.24, 2.45) is 10.7 Å². The van der Waals surface area contributed by atoms with E-state index in [-0.39, 0.29) is 0 Å². The van der Waals surface area contributed by atoms with Crippen molar-refractivity contribution in [3.8, 4) is 0 Å². The second-order valence-electron chi connectivity index (χ2n) is 2.18. The van der Waals surface area contributed by atoms with Crippen molar-refractivity contribution < 1.29 is 0 Å². The Bertz CT molecular complexity index is 178. The van der Waals surface area contributed by atoms with Gasteiger partial charge in [-0.15, -0.1) is 0 Å². The molecule has 0 fully saturated rings. The Hall–Kier alpha value is -0.890. The fraction of sp³-hybridized carbons (Fsp3) is 0.375. The number of hydrogen-bond donors (Lipinski definition) is 1. The SMILES string of the molecule is NCCC1=CCC=CC=N1. The maximum atomic E-state index is 5.38. The van der Waals surface area contributed by atoms with Crippen LogP contribution < -0.4 is 5.73 Å². The van der Waals surface area contributed by atoms with E-state index in [0.717, 1.165) is 18.5 Å². The molecule has 0 radical (unpaired) electrons. The Labute approximate surface area is 61.1 Å². The first-order chi connectivity index (χ1) is 4.93. The Morgan fingerprint density at radius 1 is 1.60 bits per heavy atom. The number of hydrogen-bond acceptors (Lipinski definition) is 2. The van der Waals surface area contributed by atoms with Gasteiger partial charge in [0.2, 0.25) is 0 Å². The van der Waals surface area contributed by atoms with Crippen LogP contribution >= 0.6 is 0 Å². The van der Waals surface area contributed by atoms with Crippen molar-refractivity contribution in [1.82, 2.24) is 0 Å². The van der Waals surface area contributed by atoms with E-state index < -0.39 is 0 Å². The molecular formula is C8H12N2. The van der Waals surface area contributed by atoms with Gasteiger partial charge in [-0.1, -0.05) is 12.2 Å². The predicted molar refractivity (Wildman–Crippen MR) is 44.0 cm³/mol. The fourth-order valence-electron chi connectivity index (χ4n) is 0.849. The quantitative estimate of drug-likeness (QED) is 0.609. The minimum Gasteiger partial charge on any atom is -0.330 e. The summed E-state index contributed by atoms with van der Waals surface area (Å²) in [4.78, 5) is 4.18. The van der Waals surface area contributed by atoms with Crippen LogP contribution in [-0.4, -0.2) is 12.8 Å². The lowest BCUT2D eigenvalue weighted by molar-refractivity contribution is 0.932. The van der Waals surface area contributed by atoms with Crippen LogP contribution in [0.25, 0.3) is 0 Å². The highest BCUT2D eigenvalue weighted by Gasteiger charge is 1.91. The first-order valence-corrected chi connectivity index (χ1v) is 3.52. The summed E-state index contributed by atoms with van der Waals surface area (Å²) in [6, 6.07) is 0. The van der Waals surface area contributed by atoms with E-state index in [0.29, 0.717) is 6.54 Å². The third kappa shape index (κ3) is 2.15. The fourth-order valence-corrected chi connectivity index (χ4v) is 0.849. The van der Waals surface area contributed by atoms with Gasteiger partial charge < -0.3 is 5.73 Å². The molecule has 1 aliphatic rings. The van der Waals surface area contributed by atoms with E-state index in [1.54, 1.807) is 0 Å². The molecule has 0 unspecified atom stereocenters. The molecule has 0 aliphatic carbocycles.